The third kappa shape index (κ3) is 6.23. The number of aryl methyl sites for hydroxylation is 1. The van der Waals surface area contributed by atoms with Crippen LogP contribution in [0.25, 0.3) is 10.2 Å². The molecular formula is C23H18BrN3O4S3. The van der Waals surface area contributed by atoms with E-state index in [0.29, 0.717) is 10.0 Å². The minimum absolute atomic E-state index is 0.0454. The second-order valence-corrected chi connectivity index (χ2v) is 11.8. The number of aromatic nitrogens is 1. The van der Waals surface area contributed by atoms with Gasteiger partial charge in [-0.3, -0.25) is 4.79 Å². The number of nitrogens with zero attached hydrogens (tertiary/aromatic N) is 2. The Morgan fingerprint density at radius 3 is 2.71 bits per heavy atom. The number of amides is 1. The van der Waals surface area contributed by atoms with Gasteiger partial charge in [-0.1, -0.05) is 57.5 Å². The van der Waals surface area contributed by atoms with Crippen molar-refractivity contribution in [2.45, 2.75) is 16.2 Å². The Labute approximate surface area is 213 Å². The van der Waals surface area contributed by atoms with Crippen molar-refractivity contribution in [3.05, 3.63) is 82.3 Å². The van der Waals surface area contributed by atoms with Gasteiger partial charge in [0.15, 0.2) is 10.1 Å². The molecular weight excluding hydrogens is 558 g/mol. The number of hydrazone groups is 1. The molecule has 0 spiro atoms. The minimum Gasteiger partial charge on any atom is -0.378 e. The summed E-state index contributed by atoms with van der Waals surface area (Å²) in [5.41, 5.74) is 4.66. The van der Waals surface area contributed by atoms with Crippen LogP contribution in [-0.4, -0.2) is 31.3 Å². The number of carbonyl (C=O) groups excluding carboxylic acids is 1. The predicted molar refractivity (Wildman–Crippen MR) is 139 cm³/mol. The monoisotopic (exact) mass is 575 g/mol. The van der Waals surface area contributed by atoms with Crippen LogP contribution in [-0.2, 0) is 14.9 Å². The topological polar surface area (TPSA) is 97.7 Å². The number of thioether (sulfide) groups is 1. The lowest BCUT2D eigenvalue weighted by Gasteiger charge is -2.10. The fourth-order valence-corrected chi connectivity index (χ4v) is 6.01. The Hall–Kier alpha value is -2.73. The van der Waals surface area contributed by atoms with Crippen molar-refractivity contribution >= 4 is 71.5 Å². The van der Waals surface area contributed by atoms with E-state index in [9.17, 15) is 13.2 Å². The largest absolute Gasteiger partial charge is 0.378 e. The van der Waals surface area contributed by atoms with Gasteiger partial charge in [0.25, 0.3) is 5.91 Å². The van der Waals surface area contributed by atoms with Crippen LogP contribution in [0.1, 0.15) is 11.1 Å². The lowest BCUT2D eigenvalue weighted by atomic mass is 10.2. The molecule has 174 valence electrons. The molecule has 1 N–H and O–H groups in total. The normalized spacial score (nSPS) is 11.7. The Kier molecular flexibility index (Phi) is 7.67. The number of benzene rings is 3. The number of rotatable bonds is 8. The van der Waals surface area contributed by atoms with E-state index in [-0.39, 0.29) is 22.3 Å². The van der Waals surface area contributed by atoms with Crippen molar-refractivity contribution in [1.82, 2.24) is 10.4 Å². The van der Waals surface area contributed by atoms with E-state index in [1.54, 1.807) is 24.3 Å². The van der Waals surface area contributed by atoms with E-state index < -0.39 is 10.1 Å². The number of hydrogen-bond donors (Lipinski definition) is 1. The highest BCUT2D eigenvalue weighted by molar-refractivity contribution is 9.10. The molecule has 4 rings (SSSR count). The van der Waals surface area contributed by atoms with E-state index in [0.717, 1.165) is 20.1 Å². The molecule has 4 aromatic rings. The van der Waals surface area contributed by atoms with E-state index in [2.05, 4.69) is 31.4 Å². The molecule has 0 atom stereocenters. The SMILES string of the molecule is Cc1ccc(S(=O)(=O)Oc2ccc(Br)cc2C=NNC(=O)CSc2nc3ccccc3s2)cc1. The van der Waals surface area contributed by atoms with Crippen LogP contribution in [0.5, 0.6) is 5.75 Å². The molecule has 3 aromatic carbocycles. The van der Waals surface area contributed by atoms with Crippen molar-refractivity contribution in [1.29, 1.82) is 0 Å². The number of carbonyl (C=O) groups is 1. The van der Waals surface area contributed by atoms with Crippen LogP contribution in [0.15, 0.2) is 85.5 Å². The Bertz CT molecular complexity index is 1440. The molecule has 0 aliphatic heterocycles. The van der Waals surface area contributed by atoms with Gasteiger partial charge in [-0.05, 0) is 49.4 Å². The maximum Gasteiger partial charge on any atom is 0.339 e. The van der Waals surface area contributed by atoms with Gasteiger partial charge < -0.3 is 4.18 Å². The van der Waals surface area contributed by atoms with Crippen molar-refractivity contribution in [3.63, 3.8) is 0 Å². The van der Waals surface area contributed by atoms with Crippen molar-refractivity contribution in [3.8, 4) is 5.75 Å². The number of thiazole rings is 1. The Morgan fingerprint density at radius 1 is 1.18 bits per heavy atom. The molecule has 0 unspecified atom stereocenters. The summed E-state index contributed by atoms with van der Waals surface area (Å²) < 4.78 is 33.2. The highest BCUT2D eigenvalue weighted by Gasteiger charge is 2.18. The summed E-state index contributed by atoms with van der Waals surface area (Å²) in [6.07, 6.45) is 1.34. The number of para-hydroxylation sites is 1. The molecule has 0 fully saturated rings. The number of hydrogen-bond acceptors (Lipinski definition) is 8. The molecule has 0 aliphatic rings. The van der Waals surface area contributed by atoms with Crippen LogP contribution in [0, 0.1) is 6.92 Å². The van der Waals surface area contributed by atoms with Crippen LogP contribution in [0.4, 0.5) is 0 Å². The van der Waals surface area contributed by atoms with E-state index >= 15 is 0 Å². The van der Waals surface area contributed by atoms with Crippen LogP contribution < -0.4 is 9.61 Å². The van der Waals surface area contributed by atoms with Crippen molar-refractivity contribution in [2.75, 3.05) is 5.75 Å². The van der Waals surface area contributed by atoms with Crippen molar-refractivity contribution in [2.24, 2.45) is 5.10 Å². The average Bonchev–Trinajstić information content (AvgIpc) is 3.23. The van der Waals surface area contributed by atoms with Gasteiger partial charge in [0.05, 0.1) is 22.2 Å². The summed E-state index contributed by atoms with van der Waals surface area (Å²) in [6, 6.07) is 19.0. The molecule has 1 aromatic heterocycles. The lowest BCUT2D eigenvalue weighted by molar-refractivity contribution is -0.118. The van der Waals surface area contributed by atoms with Crippen LogP contribution >= 0.6 is 39.0 Å². The molecule has 11 heteroatoms. The predicted octanol–water partition coefficient (Wildman–Crippen LogP) is 5.38. The first-order chi connectivity index (χ1) is 16.3. The molecule has 0 saturated heterocycles. The van der Waals surface area contributed by atoms with Crippen molar-refractivity contribution < 1.29 is 17.4 Å². The first-order valence-corrected chi connectivity index (χ1v) is 13.9. The molecule has 0 bridgehead atoms. The molecule has 0 saturated carbocycles. The quantitative estimate of drug-likeness (QED) is 0.131. The maximum absolute atomic E-state index is 12.7. The third-order valence-corrected chi connectivity index (χ3v) is 8.40. The fourth-order valence-electron chi connectivity index (χ4n) is 2.81. The zero-order valence-electron chi connectivity index (χ0n) is 17.8. The average molecular weight is 577 g/mol. The van der Waals surface area contributed by atoms with Gasteiger partial charge in [0, 0.05) is 10.0 Å². The van der Waals surface area contributed by atoms with E-state index in [1.807, 2.05) is 31.2 Å². The van der Waals surface area contributed by atoms with Crippen LogP contribution in [0.3, 0.4) is 0 Å². The van der Waals surface area contributed by atoms with Crippen LogP contribution in [0.2, 0.25) is 0 Å². The molecule has 34 heavy (non-hydrogen) atoms. The van der Waals surface area contributed by atoms with E-state index in [1.165, 1.54) is 47.5 Å². The number of nitrogens with one attached hydrogen (secondary N) is 1. The minimum atomic E-state index is -4.03. The summed E-state index contributed by atoms with van der Waals surface area (Å²) in [5, 5.41) is 3.96. The summed E-state index contributed by atoms with van der Waals surface area (Å²) in [4.78, 5) is 16.7. The standard InChI is InChI=1S/C23H18BrN3O4S3/c1-15-6-9-18(10-7-15)34(29,30)31-20-11-8-17(24)12-16(20)13-25-27-22(28)14-32-23-26-19-4-2-3-5-21(19)33-23/h2-13H,14H2,1H3,(H,27,28). The van der Waals surface area contributed by atoms with E-state index in [4.69, 9.17) is 4.18 Å². The molecule has 1 amide bonds. The van der Waals surface area contributed by atoms with Gasteiger partial charge in [0.1, 0.15) is 4.90 Å². The summed E-state index contributed by atoms with van der Waals surface area (Å²) >= 11 is 6.20. The zero-order chi connectivity index (χ0) is 24.1. The number of fused-ring (bicyclic) bond motifs is 1. The highest BCUT2D eigenvalue weighted by Crippen LogP contribution is 2.29. The van der Waals surface area contributed by atoms with Gasteiger partial charge in [-0.2, -0.15) is 13.5 Å². The van der Waals surface area contributed by atoms with Gasteiger partial charge >= 0.3 is 10.1 Å². The second-order valence-electron chi connectivity index (χ2n) is 7.06. The molecule has 1 heterocycles. The summed E-state index contributed by atoms with van der Waals surface area (Å²) in [7, 11) is -4.03. The first-order valence-electron chi connectivity index (χ1n) is 9.91. The molecule has 0 radical (unpaired) electrons. The highest BCUT2D eigenvalue weighted by atomic mass is 79.9. The summed E-state index contributed by atoms with van der Waals surface area (Å²) in [5.74, 6) is -0.0864. The zero-order valence-corrected chi connectivity index (χ0v) is 21.8. The molecule has 7 nitrogen and oxygen atoms in total. The Morgan fingerprint density at radius 2 is 1.94 bits per heavy atom. The molecule has 0 aliphatic carbocycles. The third-order valence-electron chi connectivity index (χ3n) is 4.47. The lowest BCUT2D eigenvalue weighted by Crippen LogP contribution is -2.19. The maximum atomic E-state index is 12.7. The summed E-state index contributed by atoms with van der Waals surface area (Å²) in [6.45, 7) is 1.87. The second kappa shape index (κ2) is 10.7. The first kappa shape index (κ1) is 24.4. The van der Waals surface area contributed by atoms with Gasteiger partial charge in [-0.15, -0.1) is 11.3 Å². The Balaban J connectivity index is 1.40. The smallest absolute Gasteiger partial charge is 0.339 e. The van der Waals surface area contributed by atoms with Gasteiger partial charge in [-0.25, -0.2) is 10.4 Å². The number of halogens is 1. The van der Waals surface area contributed by atoms with Gasteiger partial charge in [0.2, 0.25) is 0 Å². The fraction of sp³-hybridized carbons (Fsp3) is 0.0870.